The van der Waals surface area contributed by atoms with Crippen molar-refractivity contribution in [2.45, 2.75) is 83.4 Å². The van der Waals surface area contributed by atoms with Crippen LogP contribution in [0.3, 0.4) is 0 Å². The Kier molecular flexibility index (Phi) is 7.69. The minimum Gasteiger partial charge on any atom is -0.486 e. The summed E-state index contributed by atoms with van der Waals surface area (Å²) in [5.41, 5.74) is 4.72. The third-order valence-electron chi connectivity index (χ3n) is 8.96. The molecule has 4 aromatic rings. The summed E-state index contributed by atoms with van der Waals surface area (Å²) in [6.45, 7) is 9.51. The van der Waals surface area contributed by atoms with Crippen LogP contribution in [0.15, 0.2) is 54.7 Å². The highest BCUT2D eigenvalue weighted by Crippen LogP contribution is 2.37. The first kappa shape index (κ1) is 26.7. The van der Waals surface area contributed by atoms with Gasteiger partial charge in [-0.2, -0.15) is 0 Å². The zero-order valence-corrected chi connectivity index (χ0v) is 24.2. The van der Waals surface area contributed by atoms with E-state index in [1.54, 1.807) is 0 Å². The smallest absolute Gasteiger partial charge is 0.170 e. The summed E-state index contributed by atoms with van der Waals surface area (Å²) in [6.07, 6.45) is 7.67. The first-order valence-corrected chi connectivity index (χ1v) is 14.8. The molecule has 0 spiro atoms. The number of ether oxygens (including phenoxy) is 1. The summed E-state index contributed by atoms with van der Waals surface area (Å²) in [7, 11) is 2.06. The summed E-state index contributed by atoms with van der Waals surface area (Å²) < 4.78 is 10.3. The first-order chi connectivity index (χ1) is 19.5. The minimum absolute atomic E-state index is 0.368. The van der Waals surface area contributed by atoms with Gasteiger partial charge < -0.3 is 9.30 Å². The Hall–Kier alpha value is -3.52. The number of aromatic nitrogens is 6. The molecule has 8 nitrogen and oxygen atoms in total. The number of benzene rings is 2. The van der Waals surface area contributed by atoms with Crippen LogP contribution in [0, 0.1) is 0 Å². The summed E-state index contributed by atoms with van der Waals surface area (Å²) >= 11 is 0. The van der Waals surface area contributed by atoms with Gasteiger partial charge in [-0.15, -0.1) is 15.3 Å². The van der Waals surface area contributed by atoms with E-state index < -0.39 is 0 Å². The molecule has 0 amide bonds. The highest BCUT2D eigenvalue weighted by molar-refractivity contribution is 5.58. The van der Waals surface area contributed by atoms with E-state index in [0.29, 0.717) is 30.5 Å². The monoisotopic (exact) mass is 539 g/mol. The second-order valence-corrected chi connectivity index (χ2v) is 11.8. The van der Waals surface area contributed by atoms with Crippen LogP contribution >= 0.6 is 0 Å². The predicted octanol–water partition coefficient (Wildman–Crippen LogP) is 6.44. The van der Waals surface area contributed by atoms with Crippen molar-refractivity contribution in [3.05, 3.63) is 77.5 Å². The molecule has 1 saturated heterocycles. The second-order valence-electron chi connectivity index (χ2n) is 11.8. The lowest BCUT2D eigenvalue weighted by Gasteiger charge is -2.36. The maximum atomic E-state index is 6.07. The topological polar surface area (TPSA) is 73.9 Å². The van der Waals surface area contributed by atoms with Gasteiger partial charge >= 0.3 is 0 Å². The van der Waals surface area contributed by atoms with E-state index in [2.05, 4.69) is 111 Å². The van der Waals surface area contributed by atoms with Gasteiger partial charge in [0, 0.05) is 24.6 Å². The predicted molar refractivity (Wildman–Crippen MR) is 156 cm³/mol. The van der Waals surface area contributed by atoms with E-state index in [-0.39, 0.29) is 0 Å². The van der Waals surface area contributed by atoms with Crippen LogP contribution in [0.4, 0.5) is 0 Å². The van der Waals surface area contributed by atoms with Gasteiger partial charge in [0.2, 0.25) is 0 Å². The van der Waals surface area contributed by atoms with Crippen molar-refractivity contribution in [2.75, 3.05) is 13.1 Å². The van der Waals surface area contributed by atoms with Crippen molar-refractivity contribution in [2.24, 2.45) is 7.05 Å². The fourth-order valence-corrected chi connectivity index (χ4v) is 6.03. The average Bonchev–Trinajstić information content (AvgIpc) is 3.58. The van der Waals surface area contributed by atoms with E-state index in [9.17, 15) is 0 Å². The van der Waals surface area contributed by atoms with Crippen LogP contribution in [-0.2, 0) is 13.7 Å². The Bertz CT molecular complexity index is 1410. The van der Waals surface area contributed by atoms with Crippen molar-refractivity contribution in [1.29, 1.82) is 0 Å². The molecule has 2 aromatic carbocycles. The first-order valence-electron chi connectivity index (χ1n) is 14.8. The molecule has 2 fully saturated rings. The fourth-order valence-electron chi connectivity index (χ4n) is 6.03. The van der Waals surface area contributed by atoms with Crippen LogP contribution in [0.1, 0.15) is 99.6 Å². The Labute approximate surface area is 237 Å². The van der Waals surface area contributed by atoms with Crippen LogP contribution in [0.2, 0.25) is 0 Å². The van der Waals surface area contributed by atoms with Crippen LogP contribution < -0.4 is 4.74 Å². The third-order valence-corrected chi connectivity index (χ3v) is 8.96. The van der Waals surface area contributed by atoms with Gasteiger partial charge in [-0.1, -0.05) is 55.5 Å². The molecule has 1 saturated carbocycles. The van der Waals surface area contributed by atoms with Gasteiger partial charge in [0.25, 0.3) is 0 Å². The van der Waals surface area contributed by atoms with Crippen molar-refractivity contribution < 1.29 is 4.74 Å². The number of nitrogens with zero attached hydrogens (tertiary/aromatic N) is 7. The Morgan fingerprint density at radius 3 is 2.38 bits per heavy atom. The molecule has 0 unspecified atom stereocenters. The number of rotatable bonds is 9. The SMILES string of the molecule is CC(C)c1cccc(OCc2nnc(C3CCC(n4cc(-c5ccc([C@@H](C)N6CCC6)cc5)nn4)CC3)n2C)c1. The number of hydrogen-bond donors (Lipinski definition) is 0. The Morgan fingerprint density at radius 2 is 1.68 bits per heavy atom. The maximum absolute atomic E-state index is 6.07. The molecule has 0 radical (unpaired) electrons. The van der Waals surface area contributed by atoms with E-state index >= 15 is 0 Å². The van der Waals surface area contributed by atoms with Gasteiger partial charge in [0.1, 0.15) is 23.9 Å². The van der Waals surface area contributed by atoms with Gasteiger partial charge in [0.05, 0.1) is 12.2 Å². The van der Waals surface area contributed by atoms with Crippen LogP contribution in [0.25, 0.3) is 11.3 Å². The molecule has 2 aliphatic rings. The Balaban J connectivity index is 1.04. The lowest BCUT2D eigenvalue weighted by molar-refractivity contribution is 0.128. The van der Waals surface area contributed by atoms with Crippen molar-refractivity contribution in [3.8, 4) is 17.0 Å². The highest BCUT2D eigenvalue weighted by atomic mass is 16.5. The molecular formula is C32H41N7O. The maximum Gasteiger partial charge on any atom is 0.170 e. The van der Waals surface area contributed by atoms with Gasteiger partial charge in [0.15, 0.2) is 5.82 Å². The van der Waals surface area contributed by atoms with Crippen molar-refractivity contribution >= 4 is 0 Å². The fraction of sp³-hybridized carbons (Fsp3) is 0.500. The third kappa shape index (κ3) is 5.55. The molecule has 1 aliphatic carbocycles. The molecular weight excluding hydrogens is 498 g/mol. The molecule has 3 heterocycles. The normalized spacial score (nSPS) is 20.4. The standard InChI is InChI=1S/C32H41N7O/c1-22(2)27-7-5-8-29(19-27)40-21-31-34-35-32(37(31)4)26-13-15-28(16-14-26)39-20-30(33-36-39)25-11-9-24(10-12-25)23(3)38-17-6-18-38/h5,7-12,19-20,22-23,26,28H,6,13-18,21H2,1-4H3/t23-,26?,28?/m1/s1. The van der Waals surface area contributed by atoms with Crippen LogP contribution in [-0.4, -0.2) is 47.7 Å². The molecule has 0 bridgehead atoms. The highest BCUT2D eigenvalue weighted by Gasteiger charge is 2.28. The summed E-state index contributed by atoms with van der Waals surface area (Å²) in [4.78, 5) is 2.52. The molecule has 2 aromatic heterocycles. The molecule has 0 N–H and O–H groups in total. The van der Waals surface area contributed by atoms with Crippen molar-refractivity contribution in [1.82, 2.24) is 34.7 Å². The van der Waals surface area contributed by atoms with Gasteiger partial charge in [-0.05, 0) is 81.3 Å². The van der Waals surface area contributed by atoms with Crippen molar-refractivity contribution in [3.63, 3.8) is 0 Å². The largest absolute Gasteiger partial charge is 0.486 e. The quantitative estimate of drug-likeness (QED) is 0.244. The van der Waals surface area contributed by atoms with E-state index in [0.717, 1.165) is 54.3 Å². The average molecular weight is 540 g/mol. The molecule has 1 atom stereocenters. The van der Waals surface area contributed by atoms with Gasteiger partial charge in [-0.25, -0.2) is 4.68 Å². The molecule has 210 valence electrons. The lowest BCUT2D eigenvalue weighted by atomic mass is 9.85. The Morgan fingerprint density at radius 1 is 0.900 bits per heavy atom. The van der Waals surface area contributed by atoms with E-state index in [1.807, 2.05) is 6.07 Å². The van der Waals surface area contributed by atoms with E-state index in [4.69, 9.17) is 4.74 Å². The summed E-state index contributed by atoms with van der Waals surface area (Å²) in [5, 5.41) is 18.1. The number of likely N-dealkylation sites (tertiary alicyclic amines) is 1. The van der Waals surface area contributed by atoms with Crippen LogP contribution in [0.5, 0.6) is 5.75 Å². The zero-order valence-electron chi connectivity index (χ0n) is 24.2. The van der Waals surface area contributed by atoms with E-state index in [1.165, 1.54) is 30.6 Å². The molecule has 8 heteroatoms. The lowest BCUT2D eigenvalue weighted by Crippen LogP contribution is -2.38. The molecule has 40 heavy (non-hydrogen) atoms. The van der Waals surface area contributed by atoms with Gasteiger partial charge in [-0.3, -0.25) is 4.90 Å². The second kappa shape index (κ2) is 11.5. The molecule has 6 rings (SSSR count). The molecule has 1 aliphatic heterocycles. The summed E-state index contributed by atoms with van der Waals surface area (Å²) in [5.74, 6) is 3.66. The number of hydrogen-bond acceptors (Lipinski definition) is 6. The minimum atomic E-state index is 0.368. The zero-order chi connectivity index (χ0) is 27.6. The summed E-state index contributed by atoms with van der Waals surface area (Å²) in [6, 6.07) is 18.0.